The van der Waals surface area contributed by atoms with E-state index >= 15 is 0 Å². The number of hydrogen-bond acceptors (Lipinski definition) is 0. The van der Waals surface area contributed by atoms with Gasteiger partial charge in [0.1, 0.15) is 0 Å². The summed E-state index contributed by atoms with van der Waals surface area (Å²) in [6, 6.07) is 14.8. The van der Waals surface area contributed by atoms with Crippen LogP contribution in [0.15, 0.2) is 51.4 Å². The molecule has 0 aliphatic heterocycles. The molecule has 2 aromatic rings. The number of aryl methyl sites for hydroxylation is 1. The minimum atomic E-state index is 1.05. The van der Waals surface area contributed by atoms with Crippen molar-refractivity contribution in [3.63, 3.8) is 0 Å². The Bertz CT molecular complexity index is 487. The van der Waals surface area contributed by atoms with E-state index < -0.39 is 0 Å². The third-order valence-corrected chi connectivity index (χ3v) is 4.08. The van der Waals surface area contributed by atoms with Gasteiger partial charge >= 0.3 is 0 Å². The number of hydrogen-bond donors (Lipinski definition) is 0. The lowest BCUT2D eigenvalue weighted by atomic mass is 10.0. The molecule has 0 nitrogen and oxygen atoms in total. The molecule has 0 spiro atoms. The van der Waals surface area contributed by atoms with E-state index in [1.807, 2.05) is 0 Å². The summed E-state index contributed by atoms with van der Waals surface area (Å²) in [4.78, 5) is 0. The molecule has 0 N–H and O–H groups in total. The Morgan fingerprint density at radius 1 is 0.938 bits per heavy atom. The van der Waals surface area contributed by atoms with Crippen LogP contribution in [0.3, 0.4) is 0 Å². The Morgan fingerprint density at radius 3 is 2.25 bits per heavy atom. The summed E-state index contributed by atoms with van der Waals surface area (Å²) in [6.45, 7) is 2.17. The predicted octanol–water partition coefficient (Wildman–Crippen LogP) is 5.44. The molecule has 82 valence electrons. The van der Waals surface area contributed by atoms with E-state index in [0.717, 1.165) is 10.9 Å². The molecule has 0 radical (unpaired) electrons. The molecule has 2 aromatic carbocycles. The van der Waals surface area contributed by atoms with Crippen LogP contribution in [0.25, 0.3) is 11.1 Å². The number of halogens is 2. The highest BCUT2D eigenvalue weighted by Crippen LogP contribution is 2.31. The molecular formula is C14H12Br2. The largest absolute Gasteiger partial charge is 0.0613 e. The number of rotatable bonds is 2. The van der Waals surface area contributed by atoms with Gasteiger partial charge < -0.3 is 0 Å². The molecule has 0 aliphatic rings. The molecule has 0 heterocycles. The fraction of sp³-hybridized carbons (Fsp3) is 0.143. The Kier molecular flexibility index (Phi) is 3.82. The van der Waals surface area contributed by atoms with Crippen LogP contribution in [0.4, 0.5) is 0 Å². The normalized spacial score (nSPS) is 10.4. The SMILES string of the molecule is CCc1cccc(-c2ccc(Br)cc2)c1Br. The molecule has 0 atom stereocenters. The fourth-order valence-corrected chi connectivity index (χ4v) is 2.74. The molecule has 0 unspecified atom stereocenters. The summed E-state index contributed by atoms with van der Waals surface area (Å²) < 4.78 is 2.32. The first-order valence-corrected chi connectivity index (χ1v) is 6.84. The van der Waals surface area contributed by atoms with Crippen LogP contribution in [0.1, 0.15) is 12.5 Å². The Balaban J connectivity index is 2.51. The van der Waals surface area contributed by atoms with E-state index in [4.69, 9.17) is 0 Å². The maximum atomic E-state index is 3.68. The van der Waals surface area contributed by atoms with Gasteiger partial charge in [0.25, 0.3) is 0 Å². The summed E-state index contributed by atoms with van der Waals surface area (Å²) in [5.41, 5.74) is 3.85. The summed E-state index contributed by atoms with van der Waals surface area (Å²) in [6.07, 6.45) is 1.05. The smallest absolute Gasteiger partial charge is 0.0285 e. The molecule has 2 rings (SSSR count). The highest BCUT2D eigenvalue weighted by atomic mass is 79.9. The molecule has 2 heteroatoms. The van der Waals surface area contributed by atoms with E-state index in [9.17, 15) is 0 Å². The van der Waals surface area contributed by atoms with Gasteiger partial charge in [-0.3, -0.25) is 0 Å². The van der Waals surface area contributed by atoms with Gasteiger partial charge in [0.15, 0.2) is 0 Å². The van der Waals surface area contributed by atoms with Crippen molar-refractivity contribution >= 4 is 31.9 Å². The second kappa shape index (κ2) is 5.15. The molecule has 0 amide bonds. The first-order valence-electron chi connectivity index (χ1n) is 5.25. The van der Waals surface area contributed by atoms with Crippen molar-refractivity contribution in [1.82, 2.24) is 0 Å². The molecule has 0 saturated heterocycles. The molecule has 0 saturated carbocycles. The lowest BCUT2D eigenvalue weighted by molar-refractivity contribution is 1.13. The predicted molar refractivity (Wildman–Crippen MR) is 76.7 cm³/mol. The molecule has 0 fully saturated rings. The zero-order chi connectivity index (χ0) is 11.5. The zero-order valence-corrected chi connectivity index (χ0v) is 12.2. The van der Waals surface area contributed by atoms with Crippen LogP contribution < -0.4 is 0 Å². The average molecular weight is 340 g/mol. The fourth-order valence-electron chi connectivity index (χ4n) is 1.71. The van der Waals surface area contributed by atoms with E-state index in [2.05, 4.69) is 81.2 Å². The minimum Gasteiger partial charge on any atom is -0.0613 e. The second-order valence-electron chi connectivity index (χ2n) is 3.64. The van der Waals surface area contributed by atoms with Crippen molar-refractivity contribution < 1.29 is 0 Å². The zero-order valence-electron chi connectivity index (χ0n) is 9.00. The van der Waals surface area contributed by atoms with Crippen molar-refractivity contribution in [3.05, 3.63) is 57.0 Å². The van der Waals surface area contributed by atoms with Crippen molar-refractivity contribution in [2.24, 2.45) is 0 Å². The topological polar surface area (TPSA) is 0 Å². The average Bonchev–Trinajstić information content (AvgIpc) is 2.31. The quantitative estimate of drug-likeness (QED) is 0.683. The van der Waals surface area contributed by atoms with E-state index in [-0.39, 0.29) is 0 Å². The minimum absolute atomic E-state index is 1.05. The van der Waals surface area contributed by atoms with Gasteiger partial charge in [0, 0.05) is 8.95 Å². The monoisotopic (exact) mass is 338 g/mol. The van der Waals surface area contributed by atoms with E-state index in [0.29, 0.717) is 0 Å². The second-order valence-corrected chi connectivity index (χ2v) is 5.35. The Hall–Kier alpha value is -0.600. The first-order chi connectivity index (χ1) is 7.72. The van der Waals surface area contributed by atoms with E-state index in [1.54, 1.807) is 0 Å². The van der Waals surface area contributed by atoms with Gasteiger partial charge in [-0.05, 0) is 51.2 Å². The van der Waals surface area contributed by atoms with Crippen LogP contribution in [0.5, 0.6) is 0 Å². The molecule has 0 bridgehead atoms. The highest BCUT2D eigenvalue weighted by Gasteiger charge is 2.05. The summed E-state index contributed by atoms with van der Waals surface area (Å²) in [5, 5.41) is 0. The van der Waals surface area contributed by atoms with Gasteiger partial charge in [-0.25, -0.2) is 0 Å². The summed E-state index contributed by atoms with van der Waals surface area (Å²) >= 11 is 7.14. The van der Waals surface area contributed by atoms with Gasteiger partial charge in [0.2, 0.25) is 0 Å². The third kappa shape index (κ3) is 2.38. The van der Waals surface area contributed by atoms with Crippen molar-refractivity contribution in [3.8, 4) is 11.1 Å². The third-order valence-electron chi connectivity index (χ3n) is 2.61. The van der Waals surface area contributed by atoms with Crippen molar-refractivity contribution in [2.45, 2.75) is 13.3 Å². The molecule has 0 aromatic heterocycles. The van der Waals surface area contributed by atoms with Crippen LogP contribution in [-0.2, 0) is 6.42 Å². The van der Waals surface area contributed by atoms with Crippen molar-refractivity contribution in [2.75, 3.05) is 0 Å². The summed E-state index contributed by atoms with van der Waals surface area (Å²) in [5.74, 6) is 0. The Labute approximate surface area is 113 Å². The Morgan fingerprint density at radius 2 is 1.62 bits per heavy atom. The molecular weight excluding hydrogens is 328 g/mol. The molecule has 0 aliphatic carbocycles. The van der Waals surface area contributed by atoms with Gasteiger partial charge in [-0.15, -0.1) is 0 Å². The van der Waals surface area contributed by atoms with Crippen LogP contribution in [-0.4, -0.2) is 0 Å². The van der Waals surface area contributed by atoms with Gasteiger partial charge in [-0.1, -0.05) is 53.2 Å². The maximum absolute atomic E-state index is 3.68. The first kappa shape index (κ1) is 11.9. The van der Waals surface area contributed by atoms with E-state index in [1.165, 1.54) is 21.2 Å². The van der Waals surface area contributed by atoms with Crippen LogP contribution in [0, 0.1) is 0 Å². The van der Waals surface area contributed by atoms with Crippen LogP contribution >= 0.6 is 31.9 Å². The number of benzene rings is 2. The molecule has 16 heavy (non-hydrogen) atoms. The van der Waals surface area contributed by atoms with Gasteiger partial charge in [0.05, 0.1) is 0 Å². The lowest BCUT2D eigenvalue weighted by Gasteiger charge is -2.08. The summed E-state index contributed by atoms with van der Waals surface area (Å²) in [7, 11) is 0. The van der Waals surface area contributed by atoms with Crippen LogP contribution in [0.2, 0.25) is 0 Å². The van der Waals surface area contributed by atoms with Crippen molar-refractivity contribution in [1.29, 1.82) is 0 Å². The standard InChI is InChI=1S/C14H12Br2/c1-2-10-4-3-5-13(14(10)16)11-6-8-12(15)9-7-11/h3-9H,2H2,1H3. The van der Waals surface area contributed by atoms with Gasteiger partial charge in [-0.2, -0.15) is 0 Å². The lowest BCUT2D eigenvalue weighted by Crippen LogP contribution is -1.86. The highest BCUT2D eigenvalue weighted by molar-refractivity contribution is 9.10. The maximum Gasteiger partial charge on any atom is 0.0285 e.